The molecule has 2 atom stereocenters. The number of nitrogens with one attached hydrogen (secondary N) is 1. The SMILES string of the molecule is O=C1CCC(c2c(F)cc(N3CC[C@@H](CO)C3)cc2F)C(=O)N1. The number of hydrogen-bond acceptors (Lipinski definition) is 4. The Morgan fingerprint density at radius 2 is 1.91 bits per heavy atom. The molecular weight excluding hydrogens is 306 g/mol. The van der Waals surface area contributed by atoms with Crippen molar-refractivity contribution < 1.29 is 23.5 Å². The Morgan fingerprint density at radius 1 is 1.22 bits per heavy atom. The summed E-state index contributed by atoms with van der Waals surface area (Å²) in [6.07, 6.45) is 0.949. The highest BCUT2D eigenvalue weighted by atomic mass is 19.1. The zero-order chi connectivity index (χ0) is 16.6. The van der Waals surface area contributed by atoms with E-state index in [0.29, 0.717) is 18.8 Å². The third kappa shape index (κ3) is 3.06. The second-order valence-electron chi connectivity index (χ2n) is 6.11. The van der Waals surface area contributed by atoms with Crippen molar-refractivity contribution in [1.29, 1.82) is 0 Å². The topological polar surface area (TPSA) is 69.6 Å². The van der Waals surface area contributed by atoms with Gasteiger partial charge in [-0.3, -0.25) is 14.9 Å². The second-order valence-corrected chi connectivity index (χ2v) is 6.11. The zero-order valence-corrected chi connectivity index (χ0v) is 12.5. The van der Waals surface area contributed by atoms with Crippen LogP contribution in [0.1, 0.15) is 30.7 Å². The van der Waals surface area contributed by atoms with Gasteiger partial charge in [0.15, 0.2) is 0 Å². The second kappa shape index (κ2) is 6.23. The van der Waals surface area contributed by atoms with Crippen molar-refractivity contribution >= 4 is 17.5 Å². The Labute approximate surface area is 132 Å². The Bertz CT molecular complexity index is 627. The molecule has 2 aliphatic rings. The van der Waals surface area contributed by atoms with Crippen LogP contribution in [0.5, 0.6) is 0 Å². The van der Waals surface area contributed by atoms with Crippen molar-refractivity contribution in [3.8, 4) is 0 Å². The van der Waals surface area contributed by atoms with Gasteiger partial charge in [0.2, 0.25) is 11.8 Å². The molecular formula is C16H18F2N2O3. The summed E-state index contributed by atoms with van der Waals surface area (Å²) in [5.74, 6) is -3.51. The number of hydrogen-bond donors (Lipinski definition) is 2. The van der Waals surface area contributed by atoms with Crippen molar-refractivity contribution in [2.75, 3.05) is 24.6 Å². The number of amides is 2. The number of aliphatic hydroxyl groups is 1. The Balaban J connectivity index is 1.86. The summed E-state index contributed by atoms with van der Waals surface area (Å²) in [5.41, 5.74) is 0.128. The lowest BCUT2D eigenvalue weighted by Crippen LogP contribution is -2.40. The number of carbonyl (C=O) groups is 2. The van der Waals surface area contributed by atoms with Crippen LogP contribution in [0.2, 0.25) is 0 Å². The lowest BCUT2D eigenvalue weighted by molar-refractivity contribution is -0.134. The first-order valence-corrected chi connectivity index (χ1v) is 7.68. The highest BCUT2D eigenvalue weighted by molar-refractivity contribution is 6.01. The van der Waals surface area contributed by atoms with Gasteiger partial charge in [-0.1, -0.05) is 0 Å². The lowest BCUT2D eigenvalue weighted by atomic mass is 9.89. The fourth-order valence-electron chi connectivity index (χ4n) is 3.27. The standard InChI is InChI=1S/C16H18F2N2O3/c17-12-5-10(20-4-3-9(7-20)8-21)6-13(18)15(12)11-1-2-14(22)19-16(11)23/h5-6,9,11,21H,1-4,7-8H2,(H,19,22,23)/t9-,11?/m1/s1. The minimum atomic E-state index is -0.981. The van der Waals surface area contributed by atoms with E-state index in [1.807, 2.05) is 4.90 Å². The third-order valence-electron chi connectivity index (χ3n) is 4.56. The quantitative estimate of drug-likeness (QED) is 0.823. The smallest absolute Gasteiger partial charge is 0.234 e. The molecule has 2 amide bonds. The Morgan fingerprint density at radius 3 is 2.48 bits per heavy atom. The molecule has 0 aromatic heterocycles. The van der Waals surface area contributed by atoms with E-state index in [1.165, 1.54) is 12.1 Å². The van der Waals surface area contributed by atoms with Gasteiger partial charge in [0, 0.05) is 43.3 Å². The van der Waals surface area contributed by atoms with E-state index in [0.717, 1.165) is 6.42 Å². The molecule has 3 rings (SSSR count). The molecule has 1 aromatic carbocycles. The summed E-state index contributed by atoms with van der Waals surface area (Å²) in [6.45, 7) is 1.23. The van der Waals surface area contributed by atoms with E-state index in [-0.39, 0.29) is 30.9 Å². The van der Waals surface area contributed by atoms with E-state index < -0.39 is 29.4 Å². The summed E-state index contributed by atoms with van der Waals surface area (Å²) in [4.78, 5) is 24.8. The maximum absolute atomic E-state index is 14.4. The van der Waals surface area contributed by atoms with Gasteiger partial charge in [-0.2, -0.15) is 0 Å². The van der Waals surface area contributed by atoms with Crippen molar-refractivity contribution in [1.82, 2.24) is 5.32 Å². The predicted molar refractivity (Wildman–Crippen MR) is 78.9 cm³/mol. The minimum absolute atomic E-state index is 0.0514. The summed E-state index contributed by atoms with van der Waals surface area (Å²) in [7, 11) is 0. The van der Waals surface area contributed by atoms with Crippen molar-refractivity contribution in [2.24, 2.45) is 5.92 Å². The molecule has 2 saturated heterocycles. The van der Waals surface area contributed by atoms with Gasteiger partial charge in [0.25, 0.3) is 0 Å². The Hall–Kier alpha value is -2.02. The first kappa shape index (κ1) is 15.9. The van der Waals surface area contributed by atoms with Crippen LogP contribution in [0.15, 0.2) is 12.1 Å². The average Bonchev–Trinajstić information content (AvgIpc) is 2.97. The predicted octanol–water partition coefficient (Wildman–Crippen LogP) is 1.30. The number of piperidine rings is 1. The molecule has 7 heteroatoms. The molecule has 2 fully saturated rings. The number of aliphatic hydroxyl groups excluding tert-OH is 1. The summed E-state index contributed by atoms with van der Waals surface area (Å²) in [6, 6.07) is 2.45. The molecule has 1 aromatic rings. The Kier molecular flexibility index (Phi) is 4.30. The van der Waals surface area contributed by atoms with Crippen LogP contribution < -0.4 is 10.2 Å². The van der Waals surface area contributed by atoms with E-state index in [2.05, 4.69) is 5.32 Å². The number of carbonyl (C=O) groups excluding carboxylic acids is 2. The highest BCUT2D eigenvalue weighted by Crippen LogP contribution is 2.33. The first-order valence-electron chi connectivity index (χ1n) is 7.68. The average molecular weight is 324 g/mol. The fourth-order valence-corrected chi connectivity index (χ4v) is 3.27. The molecule has 0 radical (unpaired) electrons. The largest absolute Gasteiger partial charge is 0.396 e. The van der Waals surface area contributed by atoms with Crippen LogP contribution in [0.4, 0.5) is 14.5 Å². The van der Waals surface area contributed by atoms with Crippen molar-refractivity contribution in [3.05, 3.63) is 29.3 Å². The van der Waals surface area contributed by atoms with Crippen LogP contribution in [0.25, 0.3) is 0 Å². The molecule has 2 N–H and O–H groups in total. The summed E-state index contributed by atoms with van der Waals surface area (Å²) < 4.78 is 28.8. The van der Waals surface area contributed by atoms with Gasteiger partial charge >= 0.3 is 0 Å². The molecule has 124 valence electrons. The van der Waals surface area contributed by atoms with Crippen LogP contribution in [-0.2, 0) is 9.59 Å². The van der Waals surface area contributed by atoms with Gasteiger partial charge in [-0.05, 0) is 25.0 Å². The monoisotopic (exact) mass is 324 g/mol. The maximum Gasteiger partial charge on any atom is 0.234 e. The molecule has 0 spiro atoms. The normalized spacial score (nSPS) is 24.9. The van der Waals surface area contributed by atoms with Crippen LogP contribution >= 0.6 is 0 Å². The zero-order valence-electron chi connectivity index (χ0n) is 12.5. The van der Waals surface area contributed by atoms with E-state index in [9.17, 15) is 18.4 Å². The highest BCUT2D eigenvalue weighted by Gasteiger charge is 2.33. The van der Waals surface area contributed by atoms with Gasteiger partial charge in [-0.25, -0.2) is 8.78 Å². The first-order chi connectivity index (χ1) is 11.0. The molecule has 0 bridgehead atoms. The maximum atomic E-state index is 14.4. The summed E-state index contributed by atoms with van der Waals surface area (Å²) >= 11 is 0. The van der Waals surface area contributed by atoms with Gasteiger partial charge < -0.3 is 10.0 Å². The molecule has 1 unspecified atom stereocenters. The molecule has 5 nitrogen and oxygen atoms in total. The number of halogens is 2. The van der Waals surface area contributed by atoms with E-state index in [1.54, 1.807) is 0 Å². The number of rotatable bonds is 3. The molecule has 0 saturated carbocycles. The van der Waals surface area contributed by atoms with E-state index >= 15 is 0 Å². The van der Waals surface area contributed by atoms with E-state index in [4.69, 9.17) is 5.11 Å². The van der Waals surface area contributed by atoms with Gasteiger partial charge in [0.1, 0.15) is 11.6 Å². The molecule has 0 aliphatic carbocycles. The number of imide groups is 1. The third-order valence-corrected chi connectivity index (χ3v) is 4.56. The van der Waals surface area contributed by atoms with Crippen molar-refractivity contribution in [2.45, 2.75) is 25.2 Å². The van der Waals surface area contributed by atoms with Crippen LogP contribution in [0, 0.1) is 17.6 Å². The van der Waals surface area contributed by atoms with Crippen molar-refractivity contribution in [3.63, 3.8) is 0 Å². The molecule has 23 heavy (non-hydrogen) atoms. The van der Waals surface area contributed by atoms with Crippen LogP contribution in [-0.4, -0.2) is 36.6 Å². The van der Waals surface area contributed by atoms with Gasteiger partial charge in [-0.15, -0.1) is 0 Å². The lowest BCUT2D eigenvalue weighted by Gasteiger charge is -2.24. The van der Waals surface area contributed by atoms with Gasteiger partial charge in [0.05, 0.1) is 5.92 Å². The van der Waals surface area contributed by atoms with Crippen LogP contribution in [0.3, 0.4) is 0 Å². The molecule has 2 aliphatic heterocycles. The number of anilines is 1. The summed E-state index contributed by atoms with van der Waals surface area (Å²) in [5, 5.41) is 11.3. The fraction of sp³-hybridized carbons (Fsp3) is 0.500. The molecule has 2 heterocycles. The minimum Gasteiger partial charge on any atom is -0.396 e. The number of nitrogens with zero attached hydrogens (tertiary/aromatic N) is 1. The number of benzene rings is 1.